The summed E-state index contributed by atoms with van der Waals surface area (Å²) in [6, 6.07) is 0. The molecule has 58 valence electrons. The average molecular weight is 193 g/mol. The summed E-state index contributed by atoms with van der Waals surface area (Å²) in [4.78, 5) is 0. The highest BCUT2D eigenvalue weighted by molar-refractivity contribution is 6.64. The Labute approximate surface area is 73.5 Å². The van der Waals surface area contributed by atoms with Crippen molar-refractivity contribution in [3.05, 3.63) is 0 Å². The molecule has 0 amide bonds. The van der Waals surface area contributed by atoms with Gasteiger partial charge in [-0.05, 0) is 12.8 Å². The van der Waals surface area contributed by atoms with Crippen LogP contribution in [0.15, 0.2) is 0 Å². The highest BCUT2D eigenvalue weighted by Gasteiger charge is 1.85. The Morgan fingerprint density at radius 3 is 2.00 bits per heavy atom. The molecule has 0 spiro atoms. The molecule has 0 aliphatic rings. The first-order chi connectivity index (χ1) is 3.27. The molecule has 1 N–H and O–H groups in total. The van der Waals surface area contributed by atoms with Crippen LogP contribution in [0.5, 0.6) is 0 Å². The van der Waals surface area contributed by atoms with Gasteiger partial charge in [0.1, 0.15) is 0 Å². The first-order valence-electron chi connectivity index (χ1n) is 2.50. The number of rotatable bonds is 3. The summed E-state index contributed by atoms with van der Waals surface area (Å²) >= 11 is 5.24. The largest absolute Gasteiger partial charge is 0.293 e. The highest BCUT2D eigenvalue weighted by Crippen LogP contribution is 1.96. The zero-order chi connectivity index (χ0) is 5.70. The monoisotopic (exact) mass is 191 g/mol. The third-order valence-corrected chi connectivity index (χ3v) is 0.939. The molecule has 0 radical (unpaired) electrons. The van der Waals surface area contributed by atoms with Crippen LogP contribution in [-0.2, 0) is 0 Å². The molecule has 1 nitrogen and oxygen atoms in total. The summed E-state index contributed by atoms with van der Waals surface area (Å²) in [6.45, 7) is 2.08. The topological polar surface area (TPSA) is 23.9 Å². The van der Waals surface area contributed by atoms with Gasteiger partial charge in [-0.2, -0.15) is 0 Å². The molecule has 0 saturated carbocycles. The van der Waals surface area contributed by atoms with Gasteiger partial charge in [-0.3, -0.25) is 5.41 Å². The zero-order valence-electron chi connectivity index (χ0n) is 5.32. The Morgan fingerprint density at radius 2 is 1.89 bits per heavy atom. The van der Waals surface area contributed by atoms with Crippen molar-refractivity contribution in [2.45, 2.75) is 26.2 Å². The van der Waals surface area contributed by atoms with Crippen molar-refractivity contribution in [3.8, 4) is 0 Å². The van der Waals surface area contributed by atoms with Crippen LogP contribution in [0.4, 0.5) is 0 Å². The lowest BCUT2D eigenvalue weighted by atomic mass is 10.3. The summed E-state index contributed by atoms with van der Waals surface area (Å²) in [5, 5.41) is 7.04. The maximum atomic E-state index is 6.76. The summed E-state index contributed by atoms with van der Waals surface area (Å²) in [5.41, 5.74) is 0. The summed E-state index contributed by atoms with van der Waals surface area (Å²) in [7, 11) is 0. The van der Waals surface area contributed by atoms with Gasteiger partial charge in [0.15, 0.2) is 0 Å². The van der Waals surface area contributed by atoms with Crippen molar-refractivity contribution in [2.75, 3.05) is 0 Å². The number of hydrogen-bond donors (Lipinski definition) is 1. The standard InChI is InChI=1S/C5H10ClN.2ClH/c1-2-3-4-5(6)7;;/h7H,2-4H2,1H3;2*1H. The Hall–Kier alpha value is 0.540. The van der Waals surface area contributed by atoms with E-state index in [0.29, 0.717) is 0 Å². The van der Waals surface area contributed by atoms with Gasteiger partial charge >= 0.3 is 0 Å². The number of hydrogen-bond acceptors (Lipinski definition) is 1. The fraction of sp³-hybridized carbons (Fsp3) is 0.800. The fourth-order valence-electron chi connectivity index (χ4n) is 0.332. The molecule has 0 aromatic rings. The lowest BCUT2D eigenvalue weighted by Crippen LogP contribution is -1.81. The smallest absolute Gasteiger partial charge is 0.0968 e. The molecule has 0 atom stereocenters. The van der Waals surface area contributed by atoms with Gasteiger partial charge in [-0.25, -0.2) is 0 Å². The van der Waals surface area contributed by atoms with Crippen molar-refractivity contribution in [3.63, 3.8) is 0 Å². The Bertz CT molecular complexity index is 65.2. The van der Waals surface area contributed by atoms with Gasteiger partial charge in [0, 0.05) is 0 Å². The van der Waals surface area contributed by atoms with Crippen LogP contribution < -0.4 is 0 Å². The van der Waals surface area contributed by atoms with E-state index in [9.17, 15) is 0 Å². The average Bonchev–Trinajstić information content (AvgIpc) is 1.61. The van der Waals surface area contributed by atoms with Gasteiger partial charge in [0.05, 0.1) is 5.17 Å². The summed E-state index contributed by atoms with van der Waals surface area (Å²) < 4.78 is 0. The molecule has 0 fully saturated rings. The maximum Gasteiger partial charge on any atom is 0.0968 e. The molecule has 0 saturated heterocycles. The maximum absolute atomic E-state index is 6.76. The molecule has 0 rings (SSSR count). The number of halogens is 3. The normalized spacial score (nSPS) is 6.89. The van der Waals surface area contributed by atoms with E-state index >= 15 is 0 Å². The van der Waals surface area contributed by atoms with Crippen LogP contribution >= 0.6 is 36.4 Å². The van der Waals surface area contributed by atoms with E-state index in [0.717, 1.165) is 19.3 Å². The third-order valence-electron chi connectivity index (χ3n) is 0.750. The van der Waals surface area contributed by atoms with Crippen molar-refractivity contribution in [2.24, 2.45) is 0 Å². The van der Waals surface area contributed by atoms with Crippen molar-refractivity contribution < 1.29 is 0 Å². The van der Waals surface area contributed by atoms with E-state index in [1.165, 1.54) is 0 Å². The first-order valence-corrected chi connectivity index (χ1v) is 2.88. The van der Waals surface area contributed by atoms with Gasteiger partial charge in [0.25, 0.3) is 0 Å². The van der Waals surface area contributed by atoms with Crippen LogP contribution in [-0.4, -0.2) is 5.17 Å². The SMILES string of the molecule is CCCCC(=N)Cl.Cl.Cl. The minimum Gasteiger partial charge on any atom is -0.293 e. The molecule has 0 aliphatic heterocycles. The second-order valence-corrected chi connectivity index (χ2v) is 1.96. The summed E-state index contributed by atoms with van der Waals surface area (Å²) in [6.07, 6.45) is 2.91. The van der Waals surface area contributed by atoms with Crippen LogP contribution in [0.25, 0.3) is 0 Å². The predicted octanol–water partition coefficient (Wildman–Crippen LogP) is 3.24. The number of nitrogens with one attached hydrogen (secondary N) is 1. The third kappa shape index (κ3) is 17.7. The van der Waals surface area contributed by atoms with Crippen LogP contribution in [0.3, 0.4) is 0 Å². The van der Waals surface area contributed by atoms with E-state index < -0.39 is 0 Å². The molecule has 0 aliphatic carbocycles. The van der Waals surface area contributed by atoms with E-state index in [1.54, 1.807) is 0 Å². The van der Waals surface area contributed by atoms with Crippen LogP contribution in [0, 0.1) is 5.41 Å². The Kier molecular flexibility index (Phi) is 20.5. The molecular weight excluding hydrogens is 180 g/mol. The molecule has 0 unspecified atom stereocenters. The molecular formula is C5H12Cl3N. The molecule has 0 heterocycles. The van der Waals surface area contributed by atoms with Crippen LogP contribution in [0.2, 0.25) is 0 Å². The summed E-state index contributed by atoms with van der Waals surface area (Å²) in [5.74, 6) is 0. The van der Waals surface area contributed by atoms with Gasteiger partial charge in [-0.15, -0.1) is 24.8 Å². The van der Waals surface area contributed by atoms with Gasteiger partial charge in [-0.1, -0.05) is 24.9 Å². The lowest BCUT2D eigenvalue weighted by Gasteiger charge is -1.87. The van der Waals surface area contributed by atoms with Crippen LogP contribution in [0.1, 0.15) is 26.2 Å². The number of unbranched alkanes of at least 4 members (excludes halogenated alkanes) is 1. The van der Waals surface area contributed by atoms with E-state index in [-0.39, 0.29) is 30.0 Å². The highest BCUT2D eigenvalue weighted by atomic mass is 35.5. The van der Waals surface area contributed by atoms with E-state index in [2.05, 4.69) is 6.92 Å². The molecule has 0 aromatic heterocycles. The second kappa shape index (κ2) is 11.4. The molecule has 0 bridgehead atoms. The van der Waals surface area contributed by atoms with Gasteiger partial charge in [0.2, 0.25) is 0 Å². The zero-order valence-corrected chi connectivity index (χ0v) is 7.70. The second-order valence-electron chi connectivity index (χ2n) is 1.51. The van der Waals surface area contributed by atoms with E-state index in [4.69, 9.17) is 17.0 Å². The fourth-order valence-corrected chi connectivity index (χ4v) is 0.466. The molecule has 4 heteroatoms. The predicted molar refractivity (Wildman–Crippen MR) is 47.6 cm³/mol. The molecule has 0 aromatic carbocycles. The van der Waals surface area contributed by atoms with Crippen molar-refractivity contribution in [1.29, 1.82) is 5.41 Å². The minimum absolute atomic E-state index is 0. The Balaban J connectivity index is -0.000000180. The minimum atomic E-state index is 0. The molecule has 9 heavy (non-hydrogen) atoms. The first kappa shape index (κ1) is 16.3. The van der Waals surface area contributed by atoms with Crippen molar-refractivity contribution in [1.82, 2.24) is 0 Å². The lowest BCUT2D eigenvalue weighted by molar-refractivity contribution is 0.838. The van der Waals surface area contributed by atoms with Crippen molar-refractivity contribution >= 4 is 41.6 Å². The Morgan fingerprint density at radius 1 is 1.44 bits per heavy atom. The van der Waals surface area contributed by atoms with Gasteiger partial charge < -0.3 is 0 Å². The van der Waals surface area contributed by atoms with E-state index in [1.807, 2.05) is 0 Å². The quantitative estimate of drug-likeness (QED) is 0.664.